The molecule has 0 saturated carbocycles. The molecule has 0 aromatic rings. The molecule has 0 spiro atoms. The minimum absolute atomic E-state index is 0.246. The largest absolute Gasteiger partial charge is 0.214 e. The Kier molecular flexibility index (Phi) is 5.62. The van der Waals surface area contributed by atoms with Crippen LogP contribution in [0.4, 0.5) is 0 Å². The van der Waals surface area contributed by atoms with Crippen LogP contribution in [0.15, 0.2) is 0 Å². The van der Waals surface area contributed by atoms with Gasteiger partial charge in [0.25, 0.3) is 0 Å². The van der Waals surface area contributed by atoms with Gasteiger partial charge in [-0.25, -0.2) is 8.42 Å². The zero-order chi connectivity index (χ0) is 11.4. The van der Waals surface area contributed by atoms with Gasteiger partial charge in [0.2, 0.25) is 10.0 Å². The molecule has 0 bridgehead atoms. The lowest BCUT2D eigenvalue weighted by atomic mass is 10.1. The van der Waals surface area contributed by atoms with Crippen LogP contribution in [-0.4, -0.2) is 36.4 Å². The summed E-state index contributed by atoms with van der Waals surface area (Å²) in [5.41, 5.74) is -0.355. The van der Waals surface area contributed by atoms with Crippen LogP contribution in [0.25, 0.3) is 0 Å². The highest BCUT2D eigenvalue weighted by atomic mass is 79.9. The van der Waals surface area contributed by atoms with Crippen LogP contribution in [0.3, 0.4) is 0 Å². The minimum atomic E-state index is -3.09. The number of halogens is 1. The number of rotatable bonds is 6. The molecule has 0 fully saturated rings. The van der Waals surface area contributed by atoms with Gasteiger partial charge < -0.3 is 0 Å². The fourth-order valence-corrected chi connectivity index (χ4v) is 3.21. The Hall–Kier alpha value is 0.390. The highest BCUT2D eigenvalue weighted by molar-refractivity contribution is 9.09. The second kappa shape index (κ2) is 5.47. The van der Waals surface area contributed by atoms with E-state index in [2.05, 4.69) is 15.9 Å². The Labute approximate surface area is 96.0 Å². The number of alkyl halides is 1. The molecule has 0 aliphatic carbocycles. The maximum Gasteiger partial charge on any atom is 0.214 e. The number of sulfonamides is 1. The molecule has 0 N–H and O–H groups in total. The minimum Gasteiger partial charge on any atom is -0.212 e. The predicted octanol–water partition coefficient (Wildman–Crippen LogP) is 2.22. The van der Waals surface area contributed by atoms with Crippen molar-refractivity contribution in [3.05, 3.63) is 0 Å². The van der Waals surface area contributed by atoms with Gasteiger partial charge in [-0.3, -0.25) is 0 Å². The standard InChI is InChI=1S/C9H20BrNO2S/c1-5-6-7-14(12,13)11(4)9(2,3)8-10/h5-8H2,1-4H3. The summed E-state index contributed by atoms with van der Waals surface area (Å²) in [6.45, 7) is 5.81. The third-order valence-corrected chi connectivity index (χ3v) is 5.86. The lowest BCUT2D eigenvalue weighted by molar-refractivity contribution is 0.299. The van der Waals surface area contributed by atoms with Crippen LogP contribution in [-0.2, 0) is 10.0 Å². The molecule has 0 aliphatic rings. The number of unbranched alkanes of at least 4 members (excludes halogenated alkanes) is 1. The summed E-state index contributed by atoms with van der Waals surface area (Å²) in [5, 5.41) is 0.641. The zero-order valence-corrected chi connectivity index (χ0v) is 11.8. The van der Waals surface area contributed by atoms with Crippen molar-refractivity contribution in [2.75, 3.05) is 18.1 Å². The van der Waals surface area contributed by atoms with Gasteiger partial charge in [0.15, 0.2) is 0 Å². The highest BCUT2D eigenvalue weighted by Gasteiger charge is 2.31. The summed E-state index contributed by atoms with van der Waals surface area (Å²) in [6, 6.07) is 0. The molecule has 0 amide bonds. The first kappa shape index (κ1) is 14.4. The molecule has 86 valence electrons. The summed E-state index contributed by atoms with van der Waals surface area (Å²) in [6.07, 6.45) is 1.63. The van der Waals surface area contributed by atoms with Gasteiger partial charge in [-0.1, -0.05) is 29.3 Å². The lowest BCUT2D eigenvalue weighted by Gasteiger charge is -2.32. The third kappa shape index (κ3) is 3.87. The topological polar surface area (TPSA) is 37.4 Å². The Balaban J connectivity index is 4.59. The van der Waals surface area contributed by atoms with Crippen LogP contribution < -0.4 is 0 Å². The predicted molar refractivity (Wildman–Crippen MR) is 64.3 cm³/mol. The average Bonchev–Trinajstić information content (AvgIpc) is 2.13. The second-order valence-electron chi connectivity index (χ2n) is 4.08. The smallest absolute Gasteiger partial charge is 0.212 e. The van der Waals surface area contributed by atoms with Crippen molar-refractivity contribution in [1.82, 2.24) is 4.31 Å². The van der Waals surface area contributed by atoms with Crippen molar-refractivity contribution in [3.63, 3.8) is 0 Å². The first-order chi connectivity index (χ1) is 6.28. The van der Waals surface area contributed by atoms with Gasteiger partial charge in [-0.15, -0.1) is 0 Å². The van der Waals surface area contributed by atoms with E-state index in [9.17, 15) is 8.42 Å². The molecule has 3 nitrogen and oxygen atoms in total. The molecule has 0 rings (SSSR count). The highest BCUT2D eigenvalue weighted by Crippen LogP contribution is 2.19. The monoisotopic (exact) mass is 285 g/mol. The molecule has 0 atom stereocenters. The second-order valence-corrected chi connectivity index (χ2v) is 6.76. The maximum absolute atomic E-state index is 11.8. The van der Waals surface area contributed by atoms with Crippen LogP contribution in [0, 0.1) is 0 Å². The van der Waals surface area contributed by atoms with E-state index in [1.807, 2.05) is 20.8 Å². The van der Waals surface area contributed by atoms with Crippen molar-refractivity contribution in [3.8, 4) is 0 Å². The summed E-state index contributed by atoms with van der Waals surface area (Å²) < 4.78 is 25.1. The van der Waals surface area contributed by atoms with E-state index >= 15 is 0 Å². The third-order valence-electron chi connectivity index (χ3n) is 2.35. The average molecular weight is 286 g/mol. The molecular formula is C9H20BrNO2S. The number of hydrogen-bond acceptors (Lipinski definition) is 2. The fraction of sp³-hybridized carbons (Fsp3) is 1.00. The van der Waals surface area contributed by atoms with Gasteiger partial charge in [-0.05, 0) is 20.3 Å². The molecule has 0 aromatic carbocycles. The van der Waals surface area contributed by atoms with E-state index in [0.29, 0.717) is 5.33 Å². The number of hydrogen-bond donors (Lipinski definition) is 0. The van der Waals surface area contributed by atoms with Gasteiger partial charge >= 0.3 is 0 Å². The lowest BCUT2D eigenvalue weighted by Crippen LogP contribution is -2.47. The van der Waals surface area contributed by atoms with E-state index < -0.39 is 10.0 Å². The molecule has 0 unspecified atom stereocenters. The van der Waals surface area contributed by atoms with Crippen molar-refractivity contribution < 1.29 is 8.42 Å². The first-order valence-electron chi connectivity index (χ1n) is 4.80. The Morgan fingerprint density at radius 1 is 1.36 bits per heavy atom. The Morgan fingerprint density at radius 3 is 2.21 bits per heavy atom. The first-order valence-corrected chi connectivity index (χ1v) is 7.53. The fourth-order valence-electron chi connectivity index (χ4n) is 0.924. The van der Waals surface area contributed by atoms with Gasteiger partial charge in [0.05, 0.1) is 5.75 Å². The zero-order valence-electron chi connectivity index (χ0n) is 9.38. The molecule has 5 heteroatoms. The van der Waals surface area contributed by atoms with Crippen LogP contribution in [0.1, 0.15) is 33.6 Å². The molecular weight excluding hydrogens is 266 g/mol. The summed E-state index contributed by atoms with van der Waals surface area (Å²) in [7, 11) is -1.44. The summed E-state index contributed by atoms with van der Waals surface area (Å²) in [5.74, 6) is 0.246. The molecule has 0 heterocycles. The molecule has 0 radical (unpaired) electrons. The summed E-state index contributed by atoms with van der Waals surface area (Å²) >= 11 is 3.33. The van der Waals surface area contributed by atoms with E-state index in [0.717, 1.165) is 12.8 Å². The maximum atomic E-state index is 11.8. The normalized spacial score (nSPS) is 13.6. The van der Waals surface area contributed by atoms with Crippen molar-refractivity contribution >= 4 is 26.0 Å². The van der Waals surface area contributed by atoms with E-state index in [4.69, 9.17) is 0 Å². The van der Waals surface area contributed by atoms with E-state index in [1.54, 1.807) is 7.05 Å². The van der Waals surface area contributed by atoms with Crippen LogP contribution >= 0.6 is 15.9 Å². The molecule has 0 saturated heterocycles. The number of nitrogens with zero attached hydrogens (tertiary/aromatic N) is 1. The molecule has 0 aromatic heterocycles. The summed E-state index contributed by atoms with van der Waals surface area (Å²) in [4.78, 5) is 0. The van der Waals surface area contributed by atoms with Gasteiger partial charge in [-0.2, -0.15) is 4.31 Å². The molecule has 0 aliphatic heterocycles. The van der Waals surface area contributed by atoms with E-state index in [-0.39, 0.29) is 11.3 Å². The Morgan fingerprint density at radius 2 is 1.86 bits per heavy atom. The van der Waals surface area contributed by atoms with E-state index in [1.165, 1.54) is 4.31 Å². The van der Waals surface area contributed by atoms with Crippen molar-refractivity contribution in [2.45, 2.75) is 39.2 Å². The van der Waals surface area contributed by atoms with Crippen molar-refractivity contribution in [2.24, 2.45) is 0 Å². The van der Waals surface area contributed by atoms with Gasteiger partial charge in [0.1, 0.15) is 0 Å². The molecule has 14 heavy (non-hydrogen) atoms. The van der Waals surface area contributed by atoms with Crippen molar-refractivity contribution in [1.29, 1.82) is 0 Å². The SMILES string of the molecule is CCCCS(=O)(=O)N(C)C(C)(C)CBr. The van der Waals surface area contributed by atoms with Gasteiger partial charge in [0, 0.05) is 17.9 Å². The van der Waals surface area contributed by atoms with Crippen LogP contribution in [0.5, 0.6) is 0 Å². The Bertz CT molecular complexity index is 262. The van der Waals surface area contributed by atoms with Crippen LogP contribution in [0.2, 0.25) is 0 Å². The quantitative estimate of drug-likeness (QED) is 0.702.